The maximum absolute atomic E-state index is 12.7. The maximum atomic E-state index is 12.7. The molecule has 0 aromatic heterocycles. The number of esters is 1. The zero-order chi connectivity index (χ0) is 19.6. The number of oxime groups is 1. The molecule has 0 bridgehead atoms. The van der Waals surface area contributed by atoms with Crippen LogP contribution in [-0.4, -0.2) is 47.3 Å². The molecule has 2 heterocycles. The molecule has 8 heteroatoms. The van der Waals surface area contributed by atoms with Crippen LogP contribution in [0.1, 0.15) is 29.3 Å². The number of carbonyl (C=O) groups is 1. The van der Waals surface area contributed by atoms with Crippen LogP contribution < -0.4 is 0 Å². The highest BCUT2D eigenvalue weighted by atomic mass is 35.5. The third-order valence-corrected chi connectivity index (χ3v) is 4.71. The number of phenolic OH excluding ortho intramolecular Hbond substituents is 2. The molecular formula is C19H20ClNO6. The van der Waals surface area contributed by atoms with Crippen molar-refractivity contribution in [1.82, 2.24) is 0 Å². The molecule has 0 aliphatic carbocycles. The molecule has 1 fully saturated rings. The zero-order valence-corrected chi connectivity index (χ0v) is 15.6. The van der Waals surface area contributed by atoms with Gasteiger partial charge in [-0.3, -0.25) is 0 Å². The van der Waals surface area contributed by atoms with E-state index in [4.69, 9.17) is 25.9 Å². The van der Waals surface area contributed by atoms with Crippen LogP contribution in [0.5, 0.6) is 11.5 Å². The number of ether oxygens (including phenoxy) is 2. The number of fused-ring (bicyclic) bond motifs is 2. The molecule has 7 nitrogen and oxygen atoms in total. The van der Waals surface area contributed by atoms with Crippen LogP contribution in [0.2, 0.25) is 5.02 Å². The van der Waals surface area contributed by atoms with Gasteiger partial charge in [0.2, 0.25) is 0 Å². The van der Waals surface area contributed by atoms with Crippen LogP contribution in [0.3, 0.4) is 0 Å². The molecule has 0 unspecified atom stereocenters. The number of benzene rings is 1. The number of epoxide rings is 1. The van der Waals surface area contributed by atoms with Crippen molar-refractivity contribution in [3.05, 3.63) is 46.5 Å². The van der Waals surface area contributed by atoms with E-state index in [2.05, 4.69) is 5.16 Å². The summed E-state index contributed by atoms with van der Waals surface area (Å²) < 4.78 is 11.0. The van der Waals surface area contributed by atoms with Gasteiger partial charge in [0.1, 0.15) is 36.4 Å². The monoisotopic (exact) mass is 393 g/mol. The molecule has 0 spiro atoms. The summed E-state index contributed by atoms with van der Waals surface area (Å²) in [5.74, 6) is -1.50. The van der Waals surface area contributed by atoms with Gasteiger partial charge in [-0.05, 0) is 18.6 Å². The van der Waals surface area contributed by atoms with E-state index in [0.29, 0.717) is 12.1 Å². The largest absolute Gasteiger partial charge is 0.507 e. The Morgan fingerprint density at radius 1 is 1.30 bits per heavy atom. The number of aromatic hydroxyl groups is 2. The number of rotatable bonds is 1. The van der Waals surface area contributed by atoms with Gasteiger partial charge >= 0.3 is 5.97 Å². The second-order valence-corrected chi connectivity index (χ2v) is 6.74. The van der Waals surface area contributed by atoms with E-state index in [1.165, 1.54) is 7.11 Å². The van der Waals surface area contributed by atoms with E-state index in [1.807, 2.05) is 12.2 Å². The SMILES string of the molecule is CON=C1/C=C/C=C\[C@H]2O[C@@H]2C[C@@H](C)OC(=O)c2c(O)cc(O)c(Cl)c2C1. The number of nitrogens with zero attached hydrogens (tertiary/aromatic N) is 1. The fourth-order valence-corrected chi connectivity index (χ4v) is 3.19. The predicted molar refractivity (Wildman–Crippen MR) is 99.4 cm³/mol. The fourth-order valence-electron chi connectivity index (χ4n) is 2.97. The summed E-state index contributed by atoms with van der Waals surface area (Å²) in [4.78, 5) is 17.5. The minimum absolute atomic E-state index is 0.0198. The van der Waals surface area contributed by atoms with E-state index in [-0.39, 0.29) is 40.5 Å². The summed E-state index contributed by atoms with van der Waals surface area (Å²) in [5.41, 5.74) is 0.526. The van der Waals surface area contributed by atoms with E-state index >= 15 is 0 Å². The van der Waals surface area contributed by atoms with Crippen LogP contribution >= 0.6 is 11.6 Å². The van der Waals surface area contributed by atoms with Gasteiger partial charge in [0.15, 0.2) is 0 Å². The van der Waals surface area contributed by atoms with Gasteiger partial charge in [-0.25, -0.2) is 4.79 Å². The van der Waals surface area contributed by atoms with Crippen molar-refractivity contribution in [1.29, 1.82) is 0 Å². The minimum atomic E-state index is -0.734. The molecule has 2 aliphatic rings. The Hall–Kier alpha value is -2.51. The molecule has 1 saturated heterocycles. The maximum Gasteiger partial charge on any atom is 0.342 e. The topological polar surface area (TPSA) is 101 Å². The lowest BCUT2D eigenvalue weighted by atomic mass is 9.99. The molecule has 1 aromatic rings. The quantitative estimate of drug-likeness (QED) is 0.432. The molecule has 3 rings (SSSR count). The van der Waals surface area contributed by atoms with Crippen molar-refractivity contribution < 1.29 is 29.3 Å². The van der Waals surface area contributed by atoms with Crippen LogP contribution in [0, 0.1) is 0 Å². The summed E-state index contributed by atoms with van der Waals surface area (Å²) in [6.07, 6.45) is 7.29. The Morgan fingerprint density at radius 3 is 2.81 bits per heavy atom. The van der Waals surface area contributed by atoms with Crippen LogP contribution in [-0.2, 0) is 20.7 Å². The second kappa shape index (κ2) is 8.02. The third kappa shape index (κ3) is 4.43. The lowest BCUT2D eigenvalue weighted by Gasteiger charge is -2.17. The number of carbonyl (C=O) groups excluding carboxylic acids is 1. The van der Waals surface area contributed by atoms with Crippen molar-refractivity contribution in [2.24, 2.45) is 5.16 Å². The van der Waals surface area contributed by atoms with Gasteiger partial charge in [0.05, 0.1) is 16.8 Å². The van der Waals surface area contributed by atoms with Gasteiger partial charge in [0.25, 0.3) is 0 Å². The summed E-state index contributed by atoms with van der Waals surface area (Å²) >= 11 is 6.21. The Kier molecular flexibility index (Phi) is 5.72. The molecule has 27 heavy (non-hydrogen) atoms. The number of hydrogen-bond donors (Lipinski definition) is 2. The van der Waals surface area contributed by atoms with Crippen LogP contribution in [0.4, 0.5) is 0 Å². The van der Waals surface area contributed by atoms with Crippen molar-refractivity contribution in [2.75, 3.05) is 7.11 Å². The molecule has 2 N–H and O–H groups in total. The summed E-state index contributed by atoms with van der Waals surface area (Å²) in [6.45, 7) is 1.75. The normalized spacial score (nSPS) is 29.1. The van der Waals surface area contributed by atoms with Crippen LogP contribution in [0.25, 0.3) is 0 Å². The first-order valence-electron chi connectivity index (χ1n) is 8.45. The number of cyclic esters (lactones) is 1. The lowest BCUT2D eigenvalue weighted by Crippen LogP contribution is -2.19. The van der Waals surface area contributed by atoms with E-state index < -0.39 is 17.8 Å². The highest BCUT2D eigenvalue weighted by Gasteiger charge is 2.38. The number of hydrogen-bond acceptors (Lipinski definition) is 7. The second-order valence-electron chi connectivity index (χ2n) is 6.36. The zero-order valence-electron chi connectivity index (χ0n) is 14.9. The molecule has 144 valence electrons. The van der Waals surface area contributed by atoms with E-state index in [0.717, 1.165) is 6.07 Å². The summed E-state index contributed by atoms with van der Waals surface area (Å²) in [5, 5.41) is 24.1. The van der Waals surface area contributed by atoms with Crippen LogP contribution in [0.15, 0.2) is 35.5 Å². The average molecular weight is 394 g/mol. The highest BCUT2D eigenvalue weighted by Crippen LogP contribution is 2.38. The summed E-state index contributed by atoms with van der Waals surface area (Å²) in [7, 11) is 1.39. The van der Waals surface area contributed by atoms with Gasteiger partial charge in [0, 0.05) is 18.9 Å². The van der Waals surface area contributed by atoms with Crippen molar-refractivity contribution in [3.8, 4) is 11.5 Å². The van der Waals surface area contributed by atoms with Gasteiger partial charge in [-0.1, -0.05) is 35.0 Å². The van der Waals surface area contributed by atoms with Crippen molar-refractivity contribution in [2.45, 2.75) is 38.1 Å². The Bertz CT molecular complexity index is 832. The van der Waals surface area contributed by atoms with Crippen molar-refractivity contribution in [3.63, 3.8) is 0 Å². The number of halogens is 1. The number of allylic oxidation sites excluding steroid dienone is 3. The smallest absolute Gasteiger partial charge is 0.342 e. The standard InChI is InChI=1S/C19H20ClNO6/c1-10-7-16-15(27-16)6-4-3-5-11(21-25-2)8-12-17(19(24)26-10)13(22)9-14(23)18(12)20/h3-6,9-10,15-16,22-23H,7-8H2,1-2H3/b5-3+,6-4-,21-11?/t10-,15-,16-/m1/s1. The average Bonchev–Trinajstić information content (AvgIpc) is 3.32. The van der Waals surface area contributed by atoms with Gasteiger partial charge in [-0.15, -0.1) is 0 Å². The lowest BCUT2D eigenvalue weighted by molar-refractivity contribution is 0.0306. The molecule has 0 amide bonds. The molecular weight excluding hydrogens is 374 g/mol. The van der Waals surface area contributed by atoms with Gasteiger partial charge < -0.3 is 24.5 Å². The Labute approximate surface area is 161 Å². The van der Waals surface area contributed by atoms with Crippen molar-refractivity contribution >= 4 is 23.3 Å². The Morgan fingerprint density at radius 2 is 2.07 bits per heavy atom. The number of phenols is 2. The first kappa shape index (κ1) is 19.3. The fraction of sp³-hybridized carbons (Fsp3) is 0.368. The summed E-state index contributed by atoms with van der Waals surface area (Å²) in [6, 6.07) is 1.02. The first-order chi connectivity index (χ1) is 12.9. The van der Waals surface area contributed by atoms with E-state index in [9.17, 15) is 15.0 Å². The minimum Gasteiger partial charge on any atom is -0.507 e. The molecule has 2 aliphatic heterocycles. The van der Waals surface area contributed by atoms with Gasteiger partial charge in [-0.2, -0.15) is 0 Å². The molecule has 3 atom stereocenters. The van der Waals surface area contributed by atoms with E-state index in [1.54, 1.807) is 19.1 Å². The predicted octanol–water partition coefficient (Wildman–Crippen LogP) is 3.12. The third-order valence-electron chi connectivity index (χ3n) is 4.29. The molecule has 1 aromatic carbocycles. The molecule has 0 radical (unpaired) electrons. The first-order valence-corrected chi connectivity index (χ1v) is 8.83. The highest BCUT2D eigenvalue weighted by molar-refractivity contribution is 6.33. The Balaban J connectivity index is 2.06. The molecule has 0 saturated carbocycles.